The Balaban J connectivity index is 1.57. The molecule has 2 aliphatic rings. The summed E-state index contributed by atoms with van der Waals surface area (Å²) in [4.78, 5) is 4.04. The van der Waals surface area contributed by atoms with Gasteiger partial charge < -0.3 is 5.32 Å². The fourth-order valence-corrected chi connectivity index (χ4v) is 2.95. The predicted molar refractivity (Wildman–Crippen MR) is 65.6 cm³/mol. The van der Waals surface area contributed by atoms with Crippen LogP contribution in [0.4, 0.5) is 13.2 Å². The minimum atomic E-state index is -4.28. The number of halogens is 3. The molecular weight excluding hydrogens is 253 g/mol. The molecule has 5 heteroatoms. The Hall–Kier alpha value is -1.10. The van der Waals surface area contributed by atoms with Crippen LogP contribution in [0.3, 0.4) is 0 Å². The van der Waals surface area contributed by atoms with Gasteiger partial charge in [0.15, 0.2) is 0 Å². The van der Waals surface area contributed by atoms with E-state index in [2.05, 4.69) is 10.3 Å². The molecule has 19 heavy (non-hydrogen) atoms. The first kappa shape index (κ1) is 12.9. The van der Waals surface area contributed by atoms with Crippen LogP contribution in [0.2, 0.25) is 0 Å². The van der Waals surface area contributed by atoms with Gasteiger partial charge in [0.25, 0.3) is 0 Å². The van der Waals surface area contributed by atoms with Gasteiger partial charge in [-0.05, 0) is 56.2 Å². The van der Waals surface area contributed by atoms with Gasteiger partial charge in [-0.25, -0.2) is 0 Å². The molecule has 2 fully saturated rings. The number of rotatable bonds is 3. The molecule has 1 aliphatic carbocycles. The first-order chi connectivity index (χ1) is 9.02. The van der Waals surface area contributed by atoms with Gasteiger partial charge in [-0.15, -0.1) is 0 Å². The van der Waals surface area contributed by atoms with Crippen molar-refractivity contribution in [2.24, 2.45) is 11.8 Å². The molecule has 1 aromatic rings. The molecule has 1 aromatic heterocycles. The van der Waals surface area contributed by atoms with E-state index in [-0.39, 0.29) is 0 Å². The molecule has 0 bridgehead atoms. The number of nitrogens with zero attached hydrogens (tertiary/aromatic N) is 1. The van der Waals surface area contributed by atoms with E-state index in [0.717, 1.165) is 30.9 Å². The Morgan fingerprint density at radius 2 is 2.11 bits per heavy atom. The van der Waals surface area contributed by atoms with Crippen LogP contribution < -0.4 is 5.32 Å². The summed E-state index contributed by atoms with van der Waals surface area (Å²) in [6.45, 7) is 1.07. The van der Waals surface area contributed by atoms with Gasteiger partial charge in [0.1, 0.15) is 0 Å². The van der Waals surface area contributed by atoms with E-state index in [1.807, 2.05) is 0 Å². The zero-order valence-corrected chi connectivity index (χ0v) is 10.6. The molecule has 1 saturated carbocycles. The Morgan fingerprint density at radius 3 is 2.84 bits per heavy atom. The first-order valence-electron chi connectivity index (χ1n) is 6.78. The van der Waals surface area contributed by atoms with E-state index in [1.165, 1.54) is 25.1 Å². The number of aryl methyl sites for hydroxylation is 1. The topological polar surface area (TPSA) is 24.9 Å². The van der Waals surface area contributed by atoms with E-state index in [0.29, 0.717) is 18.2 Å². The van der Waals surface area contributed by atoms with Crippen molar-refractivity contribution in [3.05, 3.63) is 29.6 Å². The monoisotopic (exact) mass is 270 g/mol. The number of hydrogen-bond donors (Lipinski definition) is 1. The molecule has 104 valence electrons. The Morgan fingerprint density at radius 1 is 1.26 bits per heavy atom. The van der Waals surface area contributed by atoms with Crippen molar-refractivity contribution in [2.75, 3.05) is 6.54 Å². The van der Waals surface area contributed by atoms with Crippen LogP contribution in [0.5, 0.6) is 0 Å². The summed E-state index contributed by atoms with van der Waals surface area (Å²) in [5, 5.41) is 3.48. The van der Waals surface area contributed by atoms with Crippen LogP contribution in [-0.4, -0.2) is 17.6 Å². The number of nitrogens with one attached hydrogen (secondary N) is 1. The standard InChI is InChI=1S/C14H17F3N2/c15-14(16,17)11-3-4-18-13(7-11)2-1-12-6-9-5-10(9)8-19-12/h3-4,7,9-10,12,19H,1-2,5-6,8H2. The predicted octanol–water partition coefficient (Wildman–Crippen LogP) is 3.03. The minimum absolute atomic E-state index is 0.445. The lowest BCUT2D eigenvalue weighted by molar-refractivity contribution is -0.137. The number of fused-ring (bicyclic) bond motifs is 1. The normalized spacial score (nSPS) is 29.9. The lowest BCUT2D eigenvalue weighted by Gasteiger charge is -2.22. The highest BCUT2D eigenvalue weighted by Crippen LogP contribution is 2.44. The molecule has 1 aliphatic heterocycles. The highest BCUT2D eigenvalue weighted by Gasteiger charge is 2.41. The van der Waals surface area contributed by atoms with Crippen molar-refractivity contribution < 1.29 is 13.2 Å². The smallest absolute Gasteiger partial charge is 0.314 e. The highest BCUT2D eigenvalue weighted by molar-refractivity contribution is 5.19. The average molecular weight is 270 g/mol. The van der Waals surface area contributed by atoms with Crippen molar-refractivity contribution in [3.8, 4) is 0 Å². The van der Waals surface area contributed by atoms with Crippen molar-refractivity contribution in [3.63, 3.8) is 0 Å². The van der Waals surface area contributed by atoms with Crippen LogP contribution in [0.1, 0.15) is 30.5 Å². The molecular formula is C14H17F3N2. The van der Waals surface area contributed by atoms with Crippen molar-refractivity contribution in [2.45, 2.75) is 37.9 Å². The second-order valence-electron chi connectivity index (χ2n) is 5.67. The summed E-state index contributed by atoms with van der Waals surface area (Å²) in [5.41, 5.74) is -0.0640. The summed E-state index contributed by atoms with van der Waals surface area (Å²) in [6.07, 6.45) is 0.955. The Bertz CT molecular complexity index is 458. The zero-order chi connectivity index (χ0) is 13.5. The number of hydrogen-bond acceptors (Lipinski definition) is 2. The van der Waals surface area contributed by atoms with Crippen LogP contribution in [-0.2, 0) is 12.6 Å². The number of pyridine rings is 1. The lowest BCUT2D eigenvalue weighted by Crippen LogP contribution is -2.35. The maximum atomic E-state index is 12.6. The molecule has 0 amide bonds. The summed E-state index contributed by atoms with van der Waals surface area (Å²) in [5.74, 6) is 1.73. The fraction of sp³-hybridized carbons (Fsp3) is 0.643. The number of alkyl halides is 3. The minimum Gasteiger partial charge on any atom is -0.314 e. The highest BCUT2D eigenvalue weighted by atomic mass is 19.4. The molecule has 3 atom stereocenters. The third kappa shape index (κ3) is 3.08. The molecule has 0 radical (unpaired) electrons. The van der Waals surface area contributed by atoms with Crippen molar-refractivity contribution in [1.82, 2.24) is 10.3 Å². The molecule has 2 nitrogen and oxygen atoms in total. The SMILES string of the molecule is FC(F)(F)c1ccnc(CCC2CC3CC3CN2)c1. The van der Waals surface area contributed by atoms with E-state index >= 15 is 0 Å². The third-order valence-electron chi connectivity index (χ3n) is 4.22. The molecule has 1 saturated heterocycles. The fourth-order valence-electron chi connectivity index (χ4n) is 2.95. The van der Waals surface area contributed by atoms with Gasteiger partial charge in [0, 0.05) is 17.9 Å². The molecule has 0 spiro atoms. The van der Waals surface area contributed by atoms with Crippen LogP contribution in [0, 0.1) is 11.8 Å². The van der Waals surface area contributed by atoms with E-state index in [4.69, 9.17) is 0 Å². The Kier molecular flexibility index (Phi) is 3.25. The van der Waals surface area contributed by atoms with Crippen LogP contribution in [0.15, 0.2) is 18.3 Å². The number of piperidine rings is 1. The van der Waals surface area contributed by atoms with Gasteiger partial charge >= 0.3 is 6.18 Å². The molecule has 0 aromatic carbocycles. The maximum Gasteiger partial charge on any atom is 0.416 e. The molecule has 2 heterocycles. The second kappa shape index (κ2) is 4.78. The van der Waals surface area contributed by atoms with Crippen LogP contribution in [0.25, 0.3) is 0 Å². The summed E-state index contributed by atoms with van der Waals surface area (Å²) in [6, 6.07) is 2.64. The van der Waals surface area contributed by atoms with Gasteiger partial charge in [-0.1, -0.05) is 0 Å². The summed E-state index contributed by atoms with van der Waals surface area (Å²) >= 11 is 0. The third-order valence-corrected chi connectivity index (χ3v) is 4.22. The average Bonchev–Trinajstić information content (AvgIpc) is 3.14. The quantitative estimate of drug-likeness (QED) is 0.913. The number of aromatic nitrogens is 1. The van der Waals surface area contributed by atoms with Crippen LogP contribution >= 0.6 is 0 Å². The molecule has 3 unspecified atom stereocenters. The molecule has 1 N–H and O–H groups in total. The van der Waals surface area contributed by atoms with Gasteiger partial charge in [-0.3, -0.25) is 4.98 Å². The van der Waals surface area contributed by atoms with Crippen molar-refractivity contribution >= 4 is 0 Å². The van der Waals surface area contributed by atoms with E-state index in [9.17, 15) is 13.2 Å². The lowest BCUT2D eigenvalue weighted by atomic mass is 9.99. The molecule has 3 rings (SSSR count). The van der Waals surface area contributed by atoms with Gasteiger partial charge in [0.05, 0.1) is 5.56 Å². The van der Waals surface area contributed by atoms with Gasteiger partial charge in [-0.2, -0.15) is 13.2 Å². The zero-order valence-electron chi connectivity index (χ0n) is 10.6. The largest absolute Gasteiger partial charge is 0.416 e. The second-order valence-corrected chi connectivity index (χ2v) is 5.67. The van der Waals surface area contributed by atoms with Gasteiger partial charge in [0.2, 0.25) is 0 Å². The van der Waals surface area contributed by atoms with E-state index in [1.54, 1.807) is 0 Å². The Labute approximate surface area is 110 Å². The summed E-state index contributed by atoms with van der Waals surface area (Å²) < 4.78 is 37.7. The summed E-state index contributed by atoms with van der Waals surface area (Å²) in [7, 11) is 0. The first-order valence-corrected chi connectivity index (χ1v) is 6.78. The maximum absolute atomic E-state index is 12.6. The van der Waals surface area contributed by atoms with Crippen molar-refractivity contribution in [1.29, 1.82) is 0 Å². The van der Waals surface area contributed by atoms with E-state index < -0.39 is 11.7 Å².